The van der Waals surface area contributed by atoms with E-state index in [0.29, 0.717) is 16.3 Å². The molecular formula is C19H15ClFNO2. The highest BCUT2D eigenvalue weighted by molar-refractivity contribution is 6.33. The standard InChI is InChI=1S/C19H15ClFNO2/c20-15-9-10(19(23)24)8-14-11-5-3-6-12(11)17(22-18(14)15)13-4-1-2-7-16(13)21/h1-5,7-9,11-12,17,22H,6H2,(H,23,24)/t11-,12+,17+/m0/s1. The van der Waals surface area contributed by atoms with Crippen molar-refractivity contribution in [2.75, 3.05) is 5.32 Å². The monoisotopic (exact) mass is 343 g/mol. The fourth-order valence-corrected chi connectivity index (χ4v) is 4.10. The van der Waals surface area contributed by atoms with Gasteiger partial charge in [0.1, 0.15) is 5.82 Å². The SMILES string of the molecule is O=C(O)c1cc(Cl)c2c(c1)[C@H]1C=CC[C@H]1[C@H](c1ccccc1F)N2. The molecule has 3 nitrogen and oxygen atoms in total. The summed E-state index contributed by atoms with van der Waals surface area (Å²) in [5.41, 5.74) is 2.35. The molecule has 5 heteroatoms. The van der Waals surface area contributed by atoms with Gasteiger partial charge in [-0.3, -0.25) is 0 Å². The molecule has 0 aromatic heterocycles. The maximum atomic E-state index is 14.3. The smallest absolute Gasteiger partial charge is 0.335 e. The zero-order chi connectivity index (χ0) is 16.8. The van der Waals surface area contributed by atoms with E-state index in [4.69, 9.17) is 11.6 Å². The van der Waals surface area contributed by atoms with Crippen LogP contribution in [-0.2, 0) is 0 Å². The van der Waals surface area contributed by atoms with Gasteiger partial charge in [-0.1, -0.05) is 42.0 Å². The Hall–Kier alpha value is -2.33. The number of anilines is 1. The van der Waals surface area contributed by atoms with Crippen molar-refractivity contribution >= 4 is 23.3 Å². The van der Waals surface area contributed by atoms with E-state index in [1.807, 2.05) is 6.07 Å². The van der Waals surface area contributed by atoms with Crippen LogP contribution in [0.4, 0.5) is 10.1 Å². The molecule has 3 atom stereocenters. The van der Waals surface area contributed by atoms with Crippen molar-refractivity contribution in [3.63, 3.8) is 0 Å². The van der Waals surface area contributed by atoms with Crippen molar-refractivity contribution in [3.8, 4) is 0 Å². The Morgan fingerprint density at radius 1 is 1.25 bits per heavy atom. The average Bonchev–Trinajstić information content (AvgIpc) is 3.05. The number of aromatic carboxylic acids is 1. The molecule has 0 bridgehead atoms. The first kappa shape index (κ1) is 15.2. The highest BCUT2D eigenvalue weighted by atomic mass is 35.5. The largest absolute Gasteiger partial charge is 0.478 e. The van der Waals surface area contributed by atoms with Crippen molar-refractivity contribution in [2.24, 2.45) is 5.92 Å². The molecule has 0 spiro atoms. The number of carboxylic acid groups (broad SMARTS) is 1. The summed E-state index contributed by atoms with van der Waals surface area (Å²) in [7, 11) is 0. The molecule has 1 heterocycles. The molecule has 1 aliphatic carbocycles. The first-order valence-corrected chi connectivity index (χ1v) is 8.18. The summed E-state index contributed by atoms with van der Waals surface area (Å²) < 4.78 is 14.3. The molecule has 0 saturated carbocycles. The van der Waals surface area contributed by atoms with E-state index in [0.717, 1.165) is 12.0 Å². The minimum Gasteiger partial charge on any atom is -0.478 e. The van der Waals surface area contributed by atoms with Crippen LogP contribution in [0.5, 0.6) is 0 Å². The van der Waals surface area contributed by atoms with Crippen LogP contribution in [0.15, 0.2) is 48.6 Å². The van der Waals surface area contributed by atoms with Crippen LogP contribution in [0, 0.1) is 11.7 Å². The predicted molar refractivity (Wildman–Crippen MR) is 91.2 cm³/mol. The second-order valence-electron chi connectivity index (χ2n) is 6.22. The van der Waals surface area contributed by atoms with Crippen LogP contribution >= 0.6 is 11.6 Å². The lowest BCUT2D eigenvalue weighted by molar-refractivity contribution is 0.0696. The molecule has 2 aromatic rings. The number of hydrogen-bond acceptors (Lipinski definition) is 2. The Morgan fingerprint density at radius 2 is 2.04 bits per heavy atom. The summed E-state index contributed by atoms with van der Waals surface area (Å²) in [6.07, 6.45) is 4.95. The molecule has 0 saturated heterocycles. The molecule has 2 aromatic carbocycles. The fourth-order valence-electron chi connectivity index (χ4n) is 3.81. The number of hydrogen-bond donors (Lipinski definition) is 2. The van der Waals surface area contributed by atoms with Crippen LogP contribution < -0.4 is 5.32 Å². The van der Waals surface area contributed by atoms with Crippen molar-refractivity contribution in [3.05, 3.63) is 76.1 Å². The minimum atomic E-state index is -1.01. The van der Waals surface area contributed by atoms with Crippen LogP contribution in [0.2, 0.25) is 5.02 Å². The van der Waals surface area contributed by atoms with E-state index >= 15 is 0 Å². The minimum absolute atomic E-state index is 0.0302. The Kier molecular flexibility index (Phi) is 3.57. The highest BCUT2D eigenvalue weighted by Crippen LogP contribution is 2.52. The van der Waals surface area contributed by atoms with Gasteiger partial charge in [0.25, 0.3) is 0 Å². The van der Waals surface area contributed by atoms with Crippen molar-refractivity contribution in [1.29, 1.82) is 0 Å². The van der Waals surface area contributed by atoms with E-state index in [9.17, 15) is 14.3 Å². The molecule has 24 heavy (non-hydrogen) atoms. The second kappa shape index (κ2) is 5.64. The van der Waals surface area contributed by atoms with Crippen LogP contribution in [-0.4, -0.2) is 11.1 Å². The number of nitrogens with one attached hydrogen (secondary N) is 1. The first-order valence-electron chi connectivity index (χ1n) is 7.80. The number of rotatable bonds is 2. The lowest BCUT2D eigenvalue weighted by Crippen LogP contribution is -2.30. The lowest BCUT2D eigenvalue weighted by Gasteiger charge is -2.38. The van der Waals surface area contributed by atoms with Gasteiger partial charge >= 0.3 is 5.97 Å². The van der Waals surface area contributed by atoms with Crippen LogP contribution in [0.1, 0.15) is 39.9 Å². The summed E-state index contributed by atoms with van der Waals surface area (Å²) >= 11 is 6.33. The normalized spacial score (nSPS) is 24.2. The maximum Gasteiger partial charge on any atom is 0.335 e. The molecule has 2 aliphatic rings. The van der Waals surface area contributed by atoms with Gasteiger partial charge in [-0.05, 0) is 36.1 Å². The summed E-state index contributed by atoms with van der Waals surface area (Å²) in [6, 6.07) is 9.64. The molecular weight excluding hydrogens is 329 g/mol. The predicted octanol–water partition coefficient (Wildman–Crippen LogP) is 5.00. The number of halogens is 2. The molecule has 0 unspecified atom stereocenters. The zero-order valence-electron chi connectivity index (χ0n) is 12.7. The summed E-state index contributed by atoms with van der Waals surface area (Å²) in [4.78, 5) is 11.3. The number of allylic oxidation sites excluding steroid dienone is 2. The van der Waals surface area contributed by atoms with Crippen LogP contribution in [0.3, 0.4) is 0 Å². The molecule has 122 valence electrons. The quantitative estimate of drug-likeness (QED) is 0.754. The molecule has 0 radical (unpaired) electrons. The fraction of sp³-hybridized carbons (Fsp3) is 0.211. The zero-order valence-corrected chi connectivity index (χ0v) is 13.4. The summed E-state index contributed by atoms with van der Waals surface area (Å²) in [6.45, 7) is 0. The topological polar surface area (TPSA) is 49.3 Å². The Morgan fingerprint density at radius 3 is 2.79 bits per heavy atom. The molecule has 4 rings (SSSR count). The molecule has 2 N–H and O–H groups in total. The van der Waals surface area contributed by atoms with E-state index in [-0.39, 0.29) is 29.3 Å². The Balaban J connectivity index is 1.85. The summed E-state index contributed by atoms with van der Waals surface area (Å²) in [5.74, 6) is -1.09. The number of benzene rings is 2. The van der Waals surface area contributed by atoms with E-state index < -0.39 is 5.97 Å². The van der Waals surface area contributed by atoms with Crippen molar-refractivity contribution in [1.82, 2.24) is 0 Å². The second-order valence-corrected chi connectivity index (χ2v) is 6.63. The summed E-state index contributed by atoms with van der Waals surface area (Å²) in [5, 5.41) is 13.0. The van der Waals surface area contributed by atoms with Crippen molar-refractivity contribution < 1.29 is 14.3 Å². The van der Waals surface area contributed by atoms with E-state index in [1.165, 1.54) is 12.1 Å². The third-order valence-electron chi connectivity index (χ3n) is 4.91. The van der Waals surface area contributed by atoms with Gasteiger partial charge in [0.2, 0.25) is 0 Å². The molecule has 1 aliphatic heterocycles. The molecule has 0 amide bonds. The van der Waals surface area contributed by atoms with E-state index in [1.54, 1.807) is 18.2 Å². The molecule has 0 fully saturated rings. The third-order valence-corrected chi connectivity index (χ3v) is 5.21. The Bertz CT molecular complexity index is 864. The van der Waals surface area contributed by atoms with Crippen LogP contribution in [0.25, 0.3) is 0 Å². The van der Waals surface area contributed by atoms with Gasteiger partial charge in [-0.25, -0.2) is 9.18 Å². The Labute approximate surface area is 143 Å². The maximum absolute atomic E-state index is 14.3. The van der Waals surface area contributed by atoms with Gasteiger partial charge < -0.3 is 10.4 Å². The van der Waals surface area contributed by atoms with Gasteiger partial charge in [0.05, 0.1) is 22.3 Å². The van der Waals surface area contributed by atoms with E-state index in [2.05, 4.69) is 17.5 Å². The van der Waals surface area contributed by atoms with Gasteiger partial charge in [-0.15, -0.1) is 0 Å². The first-order chi connectivity index (χ1) is 11.6. The van der Waals surface area contributed by atoms with Crippen molar-refractivity contribution in [2.45, 2.75) is 18.4 Å². The number of carboxylic acids is 1. The number of carbonyl (C=O) groups is 1. The third kappa shape index (κ3) is 2.29. The lowest BCUT2D eigenvalue weighted by atomic mass is 9.76. The van der Waals surface area contributed by atoms with Gasteiger partial charge in [0.15, 0.2) is 0 Å². The number of fused-ring (bicyclic) bond motifs is 3. The average molecular weight is 344 g/mol. The highest BCUT2D eigenvalue weighted by Gasteiger charge is 2.40. The van der Waals surface area contributed by atoms with Gasteiger partial charge in [0, 0.05) is 11.5 Å². The van der Waals surface area contributed by atoms with Gasteiger partial charge in [-0.2, -0.15) is 0 Å².